The highest BCUT2D eigenvalue weighted by atomic mass is 32.1. The Morgan fingerprint density at radius 1 is 1.56 bits per heavy atom. The fourth-order valence-corrected chi connectivity index (χ4v) is 1.62. The van der Waals surface area contributed by atoms with Crippen molar-refractivity contribution in [3.63, 3.8) is 0 Å². The lowest BCUT2D eigenvalue weighted by Gasteiger charge is -1.97. The quantitative estimate of drug-likeness (QED) is 0.591. The van der Waals surface area contributed by atoms with Gasteiger partial charge in [-0.15, -0.1) is 11.3 Å². The Kier molecular flexibility index (Phi) is 2.29. The minimum Gasteiger partial charge on any atom is -0.149 e. The van der Waals surface area contributed by atoms with E-state index in [-0.39, 0.29) is 0 Å². The van der Waals surface area contributed by atoms with Crippen molar-refractivity contribution in [2.24, 2.45) is 0 Å². The third-order valence-corrected chi connectivity index (χ3v) is 1.98. The van der Waals surface area contributed by atoms with Gasteiger partial charge in [-0.05, 0) is 23.8 Å². The van der Waals surface area contributed by atoms with Crippen LogP contribution in [0.5, 0.6) is 0 Å². The van der Waals surface area contributed by atoms with Crippen molar-refractivity contribution >= 4 is 11.3 Å². The molecule has 1 heteroatoms. The summed E-state index contributed by atoms with van der Waals surface area (Å²) in [5, 5.41) is 2.12. The molecule has 0 unspecified atom stereocenters. The fraction of sp³-hybridized carbons (Fsp3) is 0.375. The molecule has 49 valence electrons. The smallest absolute Gasteiger partial charge is 0.00507 e. The predicted octanol–water partition coefficient (Wildman–Crippen LogP) is 2.90. The molecule has 0 N–H and O–H groups in total. The molecule has 0 aromatic carbocycles. The molecule has 0 fully saturated rings. The highest BCUT2D eigenvalue weighted by molar-refractivity contribution is 7.09. The molecule has 0 saturated carbocycles. The Labute approximate surface area is 60.5 Å². The van der Waals surface area contributed by atoms with Gasteiger partial charge < -0.3 is 0 Å². The van der Waals surface area contributed by atoms with Crippen LogP contribution in [0.1, 0.15) is 18.7 Å². The summed E-state index contributed by atoms with van der Waals surface area (Å²) in [4.78, 5) is 1.47. The Morgan fingerprint density at radius 3 is 2.78 bits per heavy atom. The van der Waals surface area contributed by atoms with Crippen molar-refractivity contribution in [2.45, 2.75) is 20.3 Å². The summed E-state index contributed by atoms with van der Waals surface area (Å²) in [5.74, 6) is 1.48. The maximum atomic E-state index is 2.18. The van der Waals surface area contributed by atoms with E-state index in [1.165, 1.54) is 10.8 Å². The number of hydrogen-bond donors (Lipinski definition) is 0. The Morgan fingerprint density at radius 2 is 2.33 bits per heavy atom. The van der Waals surface area contributed by atoms with Crippen LogP contribution in [0.25, 0.3) is 0 Å². The maximum absolute atomic E-state index is 2.18. The van der Waals surface area contributed by atoms with Gasteiger partial charge in [0.05, 0.1) is 0 Å². The van der Waals surface area contributed by atoms with Crippen molar-refractivity contribution in [1.29, 1.82) is 0 Å². The van der Waals surface area contributed by atoms with E-state index in [1.54, 1.807) is 0 Å². The first kappa shape index (κ1) is 6.81. The van der Waals surface area contributed by atoms with Gasteiger partial charge in [-0.1, -0.05) is 19.9 Å². The van der Waals surface area contributed by atoms with Gasteiger partial charge in [0, 0.05) is 4.88 Å². The summed E-state index contributed by atoms with van der Waals surface area (Å²) in [6.45, 7) is 4.33. The lowest BCUT2D eigenvalue weighted by Crippen LogP contribution is -1.86. The topological polar surface area (TPSA) is 0 Å². The minimum atomic E-state index is 1.15. The van der Waals surface area contributed by atoms with Crippen LogP contribution in [-0.4, -0.2) is 0 Å². The molecule has 1 rings (SSSR count). The standard InChI is InChI=1S/C8H11S/c1-7(2)6-8-4-3-5-9-8/h3-5H,6H2,1-2H3. The second-order valence-corrected chi connectivity index (χ2v) is 3.50. The molecule has 1 radical (unpaired) electrons. The lowest BCUT2D eigenvalue weighted by molar-refractivity contribution is 0.974. The highest BCUT2D eigenvalue weighted by Gasteiger charge is 1.96. The Hall–Kier alpha value is -0.300. The zero-order valence-corrected chi connectivity index (χ0v) is 6.66. The molecule has 0 spiro atoms. The maximum Gasteiger partial charge on any atom is 0.00507 e. The van der Waals surface area contributed by atoms with E-state index in [0.717, 1.165) is 6.42 Å². The molecular formula is C8H11S. The van der Waals surface area contributed by atoms with Crippen molar-refractivity contribution in [3.8, 4) is 0 Å². The molecule has 0 aliphatic rings. The molecule has 1 aromatic rings. The van der Waals surface area contributed by atoms with E-state index in [4.69, 9.17) is 0 Å². The number of rotatable bonds is 2. The summed E-state index contributed by atoms with van der Waals surface area (Å²) in [7, 11) is 0. The predicted molar refractivity (Wildman–Crippen MR) is 42.6 cm³/mol. The van der Waals surface area contributed by atoms with Gasteiger partial charge in [-0.2, -0.15) is 0 Å². The number of thiophene rings is 1. The molecule has 0 amide bonds. The van der Waals surface area contributed by atoms with E-state index >= 15 is 0 Å². The van der Waals surface area contributed by atoms with Crippen molar-refractivity contribution in [3.05, 3.63) is 28.3 Å². The van der Waals surface area contributed by atoms with E-state index in [9.17, 15) is 0 Å². The molecule has 0 nitrogen and oxygen atoms in total. The van der Waals surface area contributed by atoms with Crippen LogP contribution in [0.3, 0.4) is 0 Å². The summed E-state index contributed by atoms with van der Waals surface area (Å²) in [6.07, 6.45) is 1.15. The molecule has 1 heterocycles. The van der Waals surface area contributed by atoms with Crippen molar-refractivity contribution < 1.29 is 0 Å². The average molecular weight is 139 g/mol. The van der Waals surface area contributed by atoms with Crippen molar-refractivity contribution in [2.75, 3.05) is 0 Å². The van der Waals surface area contributed by atoms with Gasteiger partial charge in [0.1, 0.15) is 0 Å². The first-order valence-electron chi connectivity index (χ1n) is 3.10. The molecular weight excluding hydrogens is 128 g/mol. The third-order valence-electron chi connectivity index (χ3n) is 1.11. The average Bonchev–Trinajstić information content (AvgIpc) is 2.15. The van der Waals surface area contributed by atoms with Crippen molar-refractivity contribution in [1.82, 2.24) is 0 Å². The normalized spacial score (nSPS) is 10.6. The van der Waals surface area contributed by atoms with Crippen LogP contribution in [0, 0.1) is 5.92 Å². The van der Waals surface area contributed by atoms with Gasteiger partial charge in [-0.3, -0.25) is 0 Å². The van der Waals surface area contributed by atoms with E-state index in [0.29, 0.717) is 0 Å². The summed E-state index contributed by atoms with van der Waals surface area (Å²) >= 11 is 1.83. The molecule has 1 aromatic heterocycles. The SMILES string of the molecule is C[C](C)Cc1cccs1. The van der Waals surface area contributed by atoms with Crippen LogP contribution in [0.15, 0.2) is 17.5 Å². The first-order valence-corrected chi connectivity index (χ1v) is 3.98. The van der Waals surface area contributed by atoms with Gasteiger partial charge >= 0.3 is 0 Å². The largest absolute Gasteiger partial charge is 0.149 e. The van der Waals surface area contributed by atoms with Crippen LogP contribution in [0.4, 0.5) is 0 Å². The van der Waals surface area contributed by atoms with Gasteiger partial charge in [0.15, 0.2) is 0 Å². The minimum absolute atomic E-state index is 1.15. The molecule has 0 bridgehead atoms. The summed E-state index contributed by atoms with van der Waals surface area (Å²) < 4.78 is 0. The van der Waals surface area contributed by atoms with E-state index in [1.807, 2.05) is 11.3 Å². The Balaban J connectivity index is 2.48. The first-order chi connectivity index (χ1) is 4.29. The van der Waals surface area contributed by atoms with Crippen LogP contribution >= 0.6 is 11.3 Å². The second kappa shape index (κ2) is 3.02. The van der Waals surface area contributed by atoms with Crippen LogP contribution in [0.2, 0.25) is 0 Å². The van der Waals surface area contributed by atoms with Gasteiger partial charge in [0.2, 0.25) is 0 Å². The summed E-state index contributed by atoms with van der Waals surface area (Å²) in [5.41, 5.74) is 0. The summed E-state index contributed by atoms with van der Waals surface area (Å²) in [6, 6.07) is 4.28. The molecule has 0 aliphatic heterocycles. The van der Waals surface area contributed by atoms with Crippen LogP contribution < -0.4 is 0 Å². The highest BCUT2D eigenvalue weighted by Crippen LogP contribution is 2.14. The molecule has 0 aliphatic carbocycles. The monoisotopic (exact) mass is 139 g/mol. The van der Waals surface area contributed by atoms with E-state index < -0.39 is 0 Å². The van der Waals surface area contributed by atoms with Gasteiger partial charge in [0.25, 0.3) is 0 Å². The molecule has 9 heavy (non-hydrogen) atoms. The fourth-order valence-electron chi connectivity index (χ4n) is 0.762. The van der Waals surface area contributed by atoms with Crippen LogP contribution in [-0.2, 0) is 6.42 Å². The zero-order chi connectivity index (χ0) is 6.69. The van der Waals surface area contributed by atoms with E-state index in [2.05, 4.69) is 31.4 Å². The molecule has 0 atom stereocenters. The van der Waals surface area contributed by atoms with Gasteiger partial charge in [-0.25, -0.2) is 0 Å². The Bertz CT molecular complexity index is 151. The second-order valence-electron chi connectivity index (χ2n) is 2.46. The molecule has 0 saturated heterocycles. The number of hydrogen-bond acceptors (Lipinski definition) is 1. The lowest BCUT2D eigenvalue weighted by atomic mass is 10.1. The zero-order valence-electron chi connectivity index (χ0n) is 5.85. The third kappa shape index (κ3) is 2.19.